The molecule has 0 atom stereocenters. The summed E-state index contributed by atoms with van der Waals surface area (Å²) in [6.45, 7) is 0.483. The molecular weight excluding hydrogens is 314 g/mol. The van der Waals surface area contributed by atoms with Crippen molar-refractivity contribution in [2.75, 3.05) is 5.73 Å². The number of aromatic amines is 1. The first kappa shape index (κ1) is 15.1. The molecule has 3 N–H and O–H groups in total. The molecule has 0 fully saturated rings. The molecule has 1 aromatic heterocycles. The van der Waals surface area contributed by atoms with Gasteiger partial charge in [-0.25, -0.2) is 4.98 Å². The number of H-pyrrole nitrogens is 1. The van der Waals surface area contributed by atoms with Gasteiger partial charge in [0.05, 0.1) is 5.69 Å². The highest BCUT2D eigenvalue weighted by atomic mass is 35.5. The number of hydrogen-bond donors (Lipinski definition) is 2. The molecule has 2 aromatic carbocycles. The van der Waals surface area contributed by atoms with Crippen molar-refractivity contribution in [3.63, 3.8) is 0 Å². The van der Waals surface area contributed by atoms with Crippen LogP contribution in [0.25, 0.3) is 11.3 Å². The van der Waals surface area contributed by atoms with Gasteiger partial charge in [-0.05, 0) is 29.8 Å². The SMILES string of the molecule is Nc1nc(-c2ccc(OCc3ccccc3)cc2)c(Cl)c(=O)[nH]1. The zero-order valence-corrected chi connectivity index (χ0v) is 12.9. The number of nitrogens with two attached hydrogens (primary N) is 1. The number of rotatable bonds is 4. The molecule has 0 amide bonds. The summed E-state index contributed by atoms with van der Waals surface area (Å²) in [7, 11) is 0. The highest BCUT2D eigenvalue weighted by molar-refractivity contribution is 6.32. The highest BCUT2D eigenvalue weighted by Crippen LogP contribution is 2.25. The van der Waals surface area contributed by atoms with Crippen molar-refractivity contribution in [2.45, 2.75) is 6.61 Å². The van der Waals surface area contributed by atoms with E-state index in [1.165, 1.54) is 0 Å². The topological polar surface area (TPSA) is 81.0 Å². The Kier molecular flexibility index (Phi) is 4.30. The fourth-order valence-electron chi connectivity index (χ4n) is 2.12. The van der Waals surface area contributed by atoms with E-state index in [0.717, 1.165) is 5.56 Å². The van der Waals surface area contributed by atoms with Crippen LogP contribution in [0, 0.1) is 0 Å². The van der Waals surface area contributed by atoms with Crippen molar-refractivity contribution in [2.24, 2.45) is 0 Å². The third kappa shape index (κ3) is 3.52. The number of aromatic nitrogens is 2. The second-order valence-electron chi connectivity index (χ2n) is 4.91. The Morgan fingerprint density at radius 1 is 1.09 bits per heavy atom. The Hall–Kier alpha value is -2.79. The third-order valence-electron chi connectivity index (χ3n) is 3.26. The zero-order valence-electron chi connectivity index (χ0n) is 12.1. The normalized spacial score (nSPS) is 10.5. The summed E-state index contributed by atoms with van der Waals surface area (Å²) in [6, 6.07) is 17.1. The Bertz CT molecular complexity index is 861. The number of hydrogen-bond acceptors (Lipinski definition) is 4. The molecule has 3 aromatic rings. The van der Waals surface area contributed by atoms with Crippen LogP contribution in [0.3, 0.4) is 0 Å². The van der Waals surface area contributed by atoms with E-state index in [1.54, 1.807) is 24.3 Å². The summed E-state index contributed by atoms with van der Waals surface area (Å²) in [4.78, 5) is 18.1. The average molecular weight is 328 g/mol. The quantitative estimate of drug-likeness (QED) is 0.770. The molecule has 0 bridgehead atoms. The summed E-state index contributed by atoms with van der Waals surface area (Å²) in [5.74, 6) is 0.741. The maximum Gasteiger partial charge on any atom is 0.271 e. The van der Waals surface area contributed by atoms with Gasteiger partial charge in [0.2, 0.25) is 5.95 Å². The smallest absolute Gasteiger partial charge is 0.271 e. The van der Waals surface area contributed by atoms with Crippen LogP contribution in [0.2, 0.25) is 5.02 Å². The third-order valence-corrected chi connectivity index (χ3v) is 3.61. The van der Waals surface area contributed by atoms with Crippen LogP contribution in [0.4, 0.5) is 5.95 Å². The number of anilines is 1. The number of ether oxygens (including phenoxy) is 1. The van der Waals surface area contributed by atoms with E-state index in [1.807, 2.05) is 30.3 Å². The number of nitrogen functional groups attached to an aromatic ring is 1. The van der Waals surface area contributed by atoms with Gasteiger partial charge in [0, 0.05) is 5.56 Å². The Morgan fingerprint density at radius 3 is 2.48 bits per heavy atom. The van der Waals surface area contributed by atoms with Crippen LogP contribution < -0.4 is 16.0 Å². The second kappa shape index (κ2) is 6.54. The zero-order chi connectivity index (χ0) is 16.2. The largest absolute Gasteiger partial charge is 0.489 e. The number of nitrogens with one attached hydrogen (secondary N) is 1. The van der Waals surface area contributed by atoms with Gasteiger partial charge in [-0.15, -0.1) is 0 Å². The second-order valence-corrected chi connectivity index (χ2v) is 5.29. The monoisotopic (exact) mass is 327 g/mol. The minimum Gasteiger partial charge on any atom is -0.489 e. The van der Waals surface area contributed by atoms with Gasteiger partial charge in [0.15, 0.2) is 0 Å². The molecule has 0 unspecified atom stereocenters. The lowest BCUT2D eigenvalue weighted by atomic mass is 10.1. The molecule has 5 nitrogen and oxygen atoms in total. The molecule has 23 heavy (non-hydrogen) atoms. The van der Waals surface area contributed by atoms with Crippen molar-refractivity contribution < 1.29 is 4.74 Å². The van der Waals surface area contributed by atoms with E-state index < -0.39 is 5.56 Å². The first-order valence-corrected chi connectivity index (χ1v) is 7.34. The van der Waals surface area contributed by atoms with Crippen LogP contribution in [-0.2, 0) is 6.61 Å². The summed E-state index contributed by atoms with van der Waals surface area (Å²) in [5.41, 5.74) is 7.23. The minimum absolute atomic E-state index is 0.0113. The molecule has 0 aliphatic carbocycles. The van der Waals surface area contributed by atoms with E-state index >= 15 is 0 Å². The number of benzene rings is 2. The van der Waals surface area contributed by atoms with Gasteiger partial charge in [-0.3, -0.25) is 9.78 Å². The standard InChI is InChI=1S/C17H14ClN3O2/c18-14-15(20-17(19)21-16(14)22)12-6-8-13(9-7-12)23-10-11-4-2-1-3-5-11/h1-9H,10H2,(H3,19,20,21,22). The Morgan fingerprint density at radius 2 is 1.78 bits per heavy atom. The lowest BCUT2D eigenvalue weighted by molar-refractivity contribution is 0.306. The summed E-state index contributed by atoms with van der Waals surface area (Å²) >= 11 is 5.99. The summed E-state index contributed by atoms with van der Waals surface area (Å²) < 4.78 is 5.71. The van der Waals surface area contributed by atoms with Gasteiger partial charge in [0.25, 0.3) is 5.56 Å². The molecule has 0 saturated carbocycles. The van der Waals surface area contributed by atoms with Crippen molar-refractivity contribution in [1.82, 2.24) is 9.97 Å². The molecule has 1 heterocycles. The van der Waals surface area contributed by atoms with Gasteiger partial charge >= 0.3 is 0 Å². The maximum atomic E-state index is 11.6. The molecule has 6 heteroatoms. The minimum atomic E-state index is -0.460. The predicted octanol–water partition coefficient (Wildman–Crippen LogP) is 3.25. The summed E-state index contributed by atoms with van der Waals surface area (Å²) in [5, 5.41) is 0.0113. The van der Waals surface area contributed by atoms with E-state index in [2.05, 4.69) is 9.97 Å². The van der Waals surface area contributed by atoms with E-state index in [0.29, 0.717) is 23.6 Å². The van der Waals surface area contributed by atoms with Gasteiger partial charge in [0.1, 0.15) is 17.4 Å². The molecule has 0 radical (unpaired) electrons. The van der Waals surface area contributed by atoms with Gasteiger partial charge < -0.3 is 10.5 Å². The lowest BCUT2D eigenvalue weighted by Crippen LogP contribution is -2.12. The lowest BCUT2D eigenvalue weighted by Gasteiger charge is -2.08. The van der Waals surface area contributed by atoms with E-state index in [4.69, 9.17) is 22.1 Å². The molecular formula is C17H14ClN3O2. The average Bonchev–Trinajstić information content (AvgIpc) is 2.58. The molecule has 0 spiro atoms. The fourth-order valence-corrected chi connectivity index (χ4v) is 2.32. The number of nitrogens with zero attached hydrogens (tertiary/aromatic N) is 1. The van der Waals surface area contributed by atoms with Crippen LogP contribution in [0.15, 0.2) is 59.4 Å². The number of halogens is 1. The van der Waals surface area contributed by atoms with E-state index in [9.17, 15) is 4.79 Å². The van der Waals surface area contributed by atoms with Crippen molar-refractivity contribution >= 4 is 17.5 Å². The van der Waals surface area contributed by atoms with Crippen LogP contribution in [-0.4, -0.2) is 9.97 Å². The van der Waals surface area contributed by atoms with Crippen molar-refractivity contribution in [3.8, 4) is 17.0 Å². The Labute approximate surface area is 137 Å². The van der Waals surface area contributed by atoms with E-state index in [-0.39, 0.29) is 11.0 Å². The first-order valence-electron chi connectivity index (χ1n) is 6.96. The van der Waals surface area contributed by atoms with Crippen LogP contribution >= 0.6 is 11.6 Å². The molecule has 0 aliphatic rings. The fraction of sp³-hybridized carbons (Fsp3) is 0.0588. The molecule has 0 aliphatic heterocycles. The van der Waals surface area contributed by atoms with Crippen LogP contribution in [0.5, 0.6) is 5.75 Å². The predicted molar refractivity (Wildman–Crippen MR) is 90.5 cm³/mol. The molecule has 3 rings (SSSR count). The highest BCUT2D eigenvalue weighted by Gasteiger charge is 2.10. The molecule has 0 saturated heterocycles. The van der Waals surface area contributed by atoms with Crippen molar-refractivity contribution in [1.29, 1.82) is 0 Å². The molecule has 116 valence electrons. The van der Waals surface area contributed by atoms with Gasteiger partial charge in [-0.1, -0.05) is 41.9 Å². The maximum absolute atomic E-state index is 11.6. The van der Waals surface area contributed by atoms with Gasteiger partial charge in [-0.2, -0.15) is 0 Å². The first-order chi connectivity index (χ1) is 11.1. The summed E-state index contributed by atoms with van der Waals surface area (Å²) in [6.07, 6.45) is 0. The van der Waals surface area contributed by atoms with Crippen molar-refractivity contribution in [3.05, 3.63) is 75.5 Å². The van der Waals surface area contributed by atoms with Crippen LogP contribution in [0.1, 0.15) is 5.56 Å². The Balaban J connectivity index is 1.79.